The molecule has 11 heteroatoms. The van der Waals surface area contributed by atoms with Gasteiger partial charge in [-0.05, 0) is 24.6 Å². The first-order valence-electron chi connectivity index (χ1n) is 8.31. The summed E-state index contributed by atoms with van der Waals surface area (Å²) in [4.78, 5) is 23.0. The maximum absolute atomic E-state index is 12.6. The Labute approximate surface area is 168 Å². The van der Waals surface area contributed by atoms with Crippen molar-refractivity contribution in [2.75, 3.05) is 36.6 Å². The number of methoxy groups -OCH3 is 2. The van der Waals surface area contributed by atoms with Gasteiger partial charge >= 0.3 is 0 Å². The van der Waals surface area contributed by atoms with Gasteiger partial charge in [0.1, 0.15) is 18.0 Å². The molecule has 0 atom stereocenters. The number of rotatable bonds is 8. The van der Waals surface area contributed by atoms with E-state index in [1.807, 2.05) is 0 Å². The molecule has 29 heavy (non-hydrogen) atoms. The average molecular weight is 423 g/mol. The number of nitro benzene ring substituents is 1. The number of carbonyl (C=O) groups excluding carboxylic acids is 1. The van der Waals surface area contributed by atoms with E-state index in [1.165, 1.54) is 26.4 Å². The summed E-state index contributed by atoms with van der Waals surface area (Å²) in [5.74, 6) is 0.199. The van der Waals surface area contributed by atoms with Crippen LogP contribution >= 0.6 is 0 Å². The molecule has 0 heterocycles. The van der Waals surface area contributed by atoms with Crippen molar-refractivity contribution in [1.82, 2.24) is 0 Å². The molecule has 0 aliphatic heterocycles. The molecule has 1 amide bonds. The van der Waals surface area contributed by atoms with Gasteiger partial charge in [0, 0.05) is 18.2 Å². The molecule has 0 saturated carbocycles. The first-order chi connectivity index (χ1) is 13.6. The van der Waals surface area contributed by atoms with Gasteiger partial charge in [0.05, 0.1) is 36.8 Å². The van der Waals surface area contributed by atoms with Crippen molar-refractivity contribution in [3.05, 3.63) is 52.1 Å². The van der Waals surface area contributed by atoms with Crippen molar-refractivity contribution in [2.24, 2.45) is 0 Å². The topological polar surface area (TPSA) is 128 Å². The summed E-state index contributed by atoms with van der Waals surface area (Å²) in [6, 6.07) is 8.54. The Hall–Kier alpha value is -3.34. The lowest BCUT2D eigenvalue weighted by atomic mass is 10.2. The van der Waals surface area contributed by atoms with E-state index < -0.39 is 27.4 Å². The van der Waals surface area contributed by atoms with Crippen LogP contribution in [0, 0.1) is 17.0 Å². The number of hydrogen-bond acceptors (Lipinski definition) is 7. The number of ether oxygens (including phenoxy) is 2. The molecule has 0 unspecified atom stereocenters. The zero-order chi connectivity index (χ0) is 21.8. The van der Waals surface area contributed by atoms with Crippen LogP contribution in [0.1, 0.15) is 5.56 Å². The molecule has 0 bridgehead atoms. The van der Waals surface area contributed by atoms with E-state index in [4.69, 9.17) is 9.47 Å². The van der Waals surface area contributed by atoms with Crippen molar-refractivity contribution in [3.8, 4) is 11.5 Å². The number of non-ortho nitro benzene ring substituents is 1. The average Bonchev–Trinajstić information content (AvgIpc) is 2.66. The molecular weight excluding hydrogens is 402 g/mol. The minimum Gasteiger partial charge on any atom is -0.497 e. The second-order valence-electron chi connectivity index (χ2n) is 6.11. The minimum atomic E-state index is -3.90. The van der Waals surface area contributed by atoms with Crippen molar-refractivity contribution in [1.29, 1.82) is 0 Å². The van der Waals surface area contributed by atoms with Crippen molar-refractivity contribution < 1.29 is 27.6 Å². The Bertz CT molecular complexity index is 1040. The van der Waals surface area contributed by atoms with E-state index >= 15 is 0 Å². The molecule has 10 nitrogen and oxygen atoms in total. The van der Waals surface area contributed by atoms with Crippen molar-refractivity contribution >= 4 is 33.0 Å². The first-order valence-corrected chi connectivity index (χ1v) is 10.2. The standard InChI is InChI=1S/C18H21N3O7S/c1-12-5-6-13(21(23)24)9-16(12)20(29(4,25)26)11-18(22)19-15-8-7-14(27-2)10-17(15)28-3/h5-10H,11H2,1-4H3,(H,19,22). The number of nitrogens with one attached hydrogen (secondary N) is 1. The van der Waals surface area contributed by atoms with E-state index in [2.05, 4.69) is 5.32 Å². The normalized spacial score (nSPS) is 10.9. The van der Waals surface area contributed by atoms with Gasteiger partial charge in [-0.25, -0.2) is 8.42 Å². The summed E-state index contributed by atoms with van der Waals surface area (Å²) in [6.07, 6.45) is 0.923. The predicted octanol–water partition coefficient (Wildman–Crippen LogP) is 2.33. The second-order valence-corrected chi connectivity index (χ2v) is 8.02. The number of amides is 1. The first kappa shape index (κ1) is 22.0. The number of benzene rings is 2. The molecule has 156 valence electrons. The van der Waals surface area contributed by atoms with E-state index in [0.717, 1.165) is 16.6 Å². The van der Waals surface area contributed by atoms with Crippen LogP contribution in [0.5, 0.6) is 11.5 Å². The predicted molar refractivity (Wildman–Crippen MR) is 108 cm³/mol. The van der Waals surface area contributed by atoms with Crippen LogP contribution in [0.4, 0.5) is 17.1 Å². The summed E-state index contributed by atoms with van der Waals surface area (Å²) < 4.78 is 35.7. The molecular formula is C18H21N3O7S. The van der Waals surface area contributed by atoms with E-state index in [1.54, 1.807) is 25.1 Å². The number of nitrogens with zero attached hydrogens (tertiary/aromatic N) is 2. The van der Waals surface area contributed by atoms with E-state index in [-0.39, 0.29) is 11.4 Å². The van der Waals surface area contributed by atoms with Crippen LogP contribution in [0.3, 0.4) is 0 Å². The van der Waals surface area contributed by atoms with Gasteiger partial charge in [0.25, 0.3) is 5.69 Å². The molecule has 0 spiro atoms. The quantitative estimate of drug-likeness (QED) is 0.510. The number of aryl methyl sites for hydroxylation is 1. The molecule has 0 aromatic heterocycles. The summed E-state index contributed by atoms with van der Waals surface area (Å²) in [7, 11) is -0.997. The van der Waals surface area contributed by atoms with Crippen molar-refractivity contribution in [2.45, 2.75) is 6.92 Å². The minimum absolute atomic E-state index is 0.0542. The van der Waals surface area contributed by atoms with Crippen LogP contribution in [0.2, 0.25) is 0 Å². The number of sulfonamides is 1. The Morgan fingerprint density at radius 3 is 2.41 bits per heavy atom. The van der Waals surface area contributed by atoms with Gasteiger partial charge in [0.15, 0.2) is 0 Å². The highest BCUT2D eigenvalue weighted by atomic mass is 32.2. The third-order valence-corrected chi connectivity index (χ3v) is 5.17. The summed E-state index contributed by atoms with van der Waals surface area (Å²) >= 11 is 0. The molecule has 0 radical (unpaired) electrons. The second kappa shape index (κ2) is 8.78. The Kier molecular flexibility index (Phi) is 6.64. The van der Waals surface area contributed by atoms with Gasteiger partial charge in [0.2, 0.25) is 15.9 Å². The highest BCUT2D eigenvalue weighted by Crippen LogP contribution is 2.30. The van der Waals surface area contributed by atoms with Gasteiger partial charge in [-0.15, -0.1) is 0 Å². The zero-order valence-electron chi connectivity index (χ0n) is 16.3. The maximum atomic E-state index is 12.6. The van der Waals surface area contributed by atoms with Gasteiger partial charge in [-0.1, -0.05) is 6.07 Å². The lowest BCUT2D eigenvalue weighted by Crippen LogP contribution is -2.38. The smallest absolute Gasteiger partial charge is 0.271 e. The van der Waals surface area contributed by atoms with Gasteiger partial charge in [-0.2, -0.15) is 0 Å². The fraction of sp³-hybridized carbons (Fsp3) is 0.278. The zero-order valence-corrected chi connectivity index (χ0v) is 17.1. The molecule has 1 N–H and O–H groups in total. The lowest BCUT2D eigenvalue weighted by molar-refractivity contribution is -0.384. The van der Waals surface area contributed by atoms with Crippen LogP contribution in [-0.2, 0) is 14.8 Å². The van der Waals surface area contributed by atoms with Gasteiger partial charge < -0.3 is 14.8 Å². The van der Waals surface area contributed by atoms with Crippen LogP contribution in [0.25, 0.3) is 0 Å². The largest absolute Gasteiger partial charge is 0.497 e. The van der Waals surface area contributed by atoms with Crippen molar-refractivity contribution in [3.63, 3.8) is 0 Å². The summed E-state index contributed by atoms with van der Waals surface area (Å²) in [6.45, 7) is 1.03. The monoisotopic (exact) mass is 423 g/mol. The van der Waals surface area contributed by atoms with E-state index in [9.17, 15) is 23.3 Å². The fourth-order valence-corrected chi connectivity index (χ4v) is 3.49. The molecule has 0 aliphatic carbocycles. The molecule has 0 saturated heterocycles. The molecule has 2 aromatic rings. The number of nitro groups is 1. The number of anilines is 2. The van der Waals surface area contributed by atoms with Gasteiger partial charge in [-0.3, -0.25) is 19.2 Å². The number of carbonyl (C=O) groups is 1. The molecule has 0 fully saturated rings. The highest BCUT2D eigenvalue weighted by molar-refractivity contribution is 7.92. The Balaban J connectivity index is 2.34. The Morgan fingerprint density at radius 1 is 1.17 bits per heavy atom. The van der Waals surface area contributed by atoms with Crippen LogP contribution < -0.4 is 19.1 Å². The third kappa shape index (κ3) is 5.35. The fourth-order valence-electron chi connectivity index (χ4n) is 2.58. The highest BCUT2D eigenvalue weighted by Gasteiger charge is 2.25. The van der Waals surface area contributed by atoms with Crippen LogP contribution in [-0.4, -0.2) is 46.3 Å². The molecule has 2 aromatic carbocycles. The summed E-state index contributed by atoms with van der Waals surface area (Å²) in [5, 5.41) is 13.6. The summed E-state index contributed by atoms with van der Waals surface area (Å²) in [5.41, 5.74) is 0.563. The number of hydrogen-bond donors (Lipinski definition) is 1. The van der Waals surface area contributed by atoms with Crippen LogP contribution in [0.15, 0.2) is 36.4 Å². The Morgan fingerprint density at radius 2 is 1.86 bits per heavy atom. The third-order valence-electron chi connectivity index (χ3n) is 4.04. The lowest BCUT2D eigenvalue weighted by Gasteiger charge is -2.23. The maximum Gasteiger partial charge on any atom is 0.271 e. The van der Waals surface area contributed by atoms with E-state index in [0.29, 0.717) is 22.7 Å². The molecule has 0 aliphatic rings. The molecule has 2 rings (SSSR count). The SMILES string of the molecule is COc1ccc(NC(=O)CN(c2cc([N+](=O)[O-])ccc2C)S(C)(=O)=O)c(OC)c1.